The van der Waals surface area contributed by atoms with E-state index < -0.39 is 10.0 Å². The number of anilines is 1. The van der Waals surface area contributed by atoms with Crippen LogP contribution in [0, 0.1) is 0 Å². The highest BCUT2D eigenvalue weighted by Crippen LogP contribution is 2.20. The van der Waals surface area contributed by atoms with Crippen LogP contribution in [0.3, 0.4) is 0 Å². The molecule has 0 atom stereocenters. The highest BCUT2D eigenvalue weighted by atomic mass is 35.5. The SMILES string of the molecule is CCN(CC)S(=O)(=O)c1ccc(N2CCN(Cc3ccc(Cl)cc3)CC2)nc1. The number of hydrogen-bond donors (Lipinski definition) is 0. The maximum atomic E-state index is 12.6. The Labute approximate surface area is 172 Å². The van der Waals surface area contributed by atoms with Gasteiger partial charge in [0, 0.05) is 57.0 Å². The Morgan fingerprint density at radius 3 is 2.18 bits per heavy atom. The van der Waals surface area contributed by atoms with E-state index in [-0.39, 0.29) is 4.90 Å². The fourth-order valence-electron chi connectivity index (χ4n) is 3.41. The molecule has 0 saturated carbocycles. The summed E-state index contributed by atoms with van der Waals surface area (Å²) >= 11 is 5.95. The number of nitrogens with zero attached hydrogens (tertiary/aromatic N) is 4. The number of hydrogen-bond acceptors (Lipinski definition) is 5. The van der Waals surface area contributed by atoms with Crippen molar-refractivity contribution >= 4 is 27.4 Å². The first-order valence-corrected chi connectivity index (χ1v) is 11.4. The zero-order valence-electron chi connectivity index (χ0n) is 16.4. The first-order valence-electron chi connectivity index (χ1n) is 9.62. The standard InChI is InChI=1S/C20H27ClN4O2S/c1-3-25(4-2)28(26,27)19-9-10-20(22-15-19)24-13-11-23(12-14-24)16-17-5-7-18(21)8-6-17/h5-10,15H,3-4,11-14,16H2,1-2H3. The van der Waals surface area contributed by atoms with Gasteiger partial charge in [0.1, 0.15) is 10.7 Å². The minimum Gasteiger partial charge on any atom is -0.354 e. The Balaban J connectivity index is 1.59. The molecule has 1 aromatic carbocycles. The van der Waals surface area contributed by atoms with Crippen LogP contribution in [0.25, 0.3) is 0 Å². The lowest BCUT2D eigenvalue weighted by Crippen LogP contribution is -2.46. The van der Waals surface area contributed by atoms with Crippen molar-refractivity contribution in [1.29, 1.82) is 0 Å². The van der Waals surface area contributed by atoms with E-state index in [9.17, 15) is 8.42 Å². The first kappa shape index (κ1) is 21.0. The minimum atomic E-state index is -3.46. The maximum absolute atomic E-state index is 12.6. The zero-order chi connectivity index (χ0) is 20.1. The molecule has 0 amide bonds. The topological polar surface area (TPSA) is 56.8 Å². The molecule has 1 aliphatic rings. The van der Waals surface area contributed by atoms with Crippen molar-refractivity contribution in [2.24, 2.45) is 0 Å². The Bertz CT molecular complexity index is 860. The van der Waals surface area contributed by atoms with Crippen molar-refractivity contribution < 1.29 is 8.42 Å². The lowest BCUT2D eigenvalue weighted by Gasteiger charge is -2.35. The average Bonchev–Trinajstić information content (AvgIpc) is 2.71. The molecule has 152 valence electrons. The Hall–Kier alpha value is -1.67. The van der Waals surface area contributed by atoms with Gasteiger partial charge in [-0.1, -0.05) is 37.6 Å². The molecular weight excluding hydrogens is 396 g/mol. The number of piperazine rings is 1. The molecule has 1 saturated heterocycles. The Kier molecular flexibility index (Phi) is 6.93. The van der Waals surface area contributed by atoms with E-state index in [0.717, 1.165) is 43.6 Å². The summed E-state index contributed by atoms with van der Waals surface area (Å²) in [6.45, 7) is 9.09. The summed E-state index contributed by atoms with van der Waals surface area (Å²) in [5, 5.41) is 0.756. The van der Waals surface area contributed by atoms with E-state index in [2.05, 4.69) is 26.9 Å². The van der Waals surface area contributed by atoms with Crippen LogP contribution in [0.2, 0.25) is 5.02 Å². The third-order valence-electron chi connectivity index (χ3n) is 5.08. The second-order valence-corrected chi connectivity index (χ2v) is 9.21. The van der Waals surface area contributed by atoms with Crippen LogP contribution in [0.4, 0.5) is 5.82 Å². The number of halogens is 1. The number of sulfonamides is 1. The van der Waals surface area contributed by atoms with Crippen molar-refractivity contribution in [1.82, 2.24) is 14.2 Å². The van der Waals surface area contributed by atoms with Crippen LogP contribution in [0.15, 0.2) is 47.5 Å². The molecule has 0 spiro atoms. The molecule has 8 heteroatoms. The van der Waals surface area contributed by atoms with Crippen LogP contribution in [0.5, 0.6) is 0 Å². The van der Waals surface area contributed by atoms with E-state index in [1.165, 1.54) is 16.1 Å². The van der Waals surface area contributed by atoms with Gasteiger partial charge in [-0.3, -0.25) is 4.90 Å². The highest BCUT2D eigenvalue weighted by molar-refractivity contribution is 7.89. The summed E-state index contributed by atoms with van der Waals surface area (Å²) in [5.74, 6) is 0.824. The van der Waals surface area contributed by atoms with Gasteiger partial charge in [-0.05, 0) is 29.8 Å². The third kappa shape index (κ3) is 4.84. The largest absolute Gasteiger partial charge is 0.354 e. The third-order valence-corrected chi connectivity index (χ3v) is 7.37. The van der Waals surface area contributed by atoms with Gasteiger partial charge in [-0.15, -0.1) is 0 Å². The molecule has 0 N–H and O–H groups in total. The molecule has 2 heterocycles. The number of benzene rings is 1. The van der Waals surface area contributed by atoms with E-state index >= 15 is 0 Å². The molecule has 1 aliphatic heterocycles. The molecule has 0 unspecified atom stereocenters. The van der Waals surface area contributed by atoms with Gasteiger partial charge < -0.3 is 4.90 Å². The molecule has 0 aliphatic carbocycles. The number of aromatic nitrogens is 1. The van der Waals surface area contributed by atoms with Gasteiger partial charge in [-0.25, -0.2) is 13.4 Å². The quantitative estimate of drug-likeness (QED) is 0.686. The van der Waals surface area contributed by atoms with Crippen molar-refractivity contribution in [3.63, 3.8) is 0 Å². The summed E-state index contributed by atoms with van der Waals surface area (Å²) in [7, 11) is -3.46. The predicted molar refractivity (Wildman–Crippen MR) is 113 cm³/mol. The van der Waals surface area contributed by atoms with E-state index in [4.69, 9.17) is 11.6 Å². The fraction of sp³-hybridized carbons (Fsp3) is 0.450. The van der Waals surface area contributed by atoms with Crippen LogP contribution >= 0.6 is 11.6 Å². The summed E-state index contributed by atoms with van der Waals surface area (Å²) in [6, 6.07) is 11.4. The fourth-order valence-corrected chi connectivity index (χ4v) is 4.94. The normalized spacial score (nSPS) is 15.9. The monoisotopic (exact) mass is 422 g/mol. The zero-order valence-corrected chi connectivity index (χ0v) is 18.0. The van der Waals surface area contributed by atoms with Gasteiger partial charge in [0.15, 0.2) is 0 Å². The van der Waals surface area contributed by atoms with Crippen LogP contribution in [-0.4, -0.2) is 61.9 Å². The average molecular weight is 423 g/mol. The van der Waals surface area contributed by atoms with E-state index in [0.29, 0.717) is 13.1 Å². The summed E-state index contributed by atoms with van der Waals surface area (Å²) in [4.78, 5) is 9.28. The Morgan fingerprint density at radius 2 is 1.64 bits per heavy atom. The van der Waals surface area contributed by atoms with E-state index in [1.54, 1.807) is 6.07 Å². The summed E-state index contributed by atoms with van der Waals surface area (Å²) < 4.78 is 26.6. The van der Waals surface area contributed by atoms with Gasteiger partial charge in [0.2, 0.25) is 10.0 Å². The van der Waals surface area contributed by atoms with Crippen molar-refractivity contribution in [2.45, 2.75) is 25.3 Å². The lowest BCUT2D eigenvalue weighted by atomic mass is 10.2. The van der Waals surface area contributed by atoms with Crippen molar-refractivity contribution in [2.75, 3.05) is 44.2 Å². The van der Waals surface area contributed by atoms with Crippen LogP contribution in [-0.2, 0) is 16.6 Å². The van der Waals surface area contributed by atoms with Gasteiger partial charge >= 0.3 is 0 Å². The number of rotatable bonds is 7. The maximum Gasteiger partial charge on any atom is 0.244 e. The smallest absolute Gasteiger partial charge is 0.244 e. The molecule has 6 nitrogen and oxygen atoms in total. The molecule has 0 bridgehead atoms. The Morgan fingerprint density at radius 1 is 1.00 bits per heavy atom. The molecule has 1 aromatic heterocycles. The predicted octanol–water partition coefficient (Wildman–Crippen LogP) is 3.09. The number of pyridine rings is 1. The van der Waals surface area contributed by atoms with Gasteiger partial charge in [-0.2, -0.15) is 4.31 Å². The lowest BCUT2D eigenvalue weighted by molar-refractivity contribution is 0.249. The highest BCUT2D eigenvalue weighted by Gasteiger charge is 2.23. The van der Waals surface area contributed by atoms with Crippen molar-refractivity contribution in [3.8, 4) is 0 Å². The molecule has 3 rings (SSSR count). The second kappa shape index (κ2) is 9.22. The van der Waals surface area contributed by atoms with Gasteiger partial charge in [0.05, 0.1) is 0 Å². The molecular formula is C20H27ClN4O2S. The van der Waals surface area contributed by atoms with Crippen LogP contribution in [0.1, 0.15) is 19.4 Å². The molecule has 2 aromatic rings. The minimum absolute atomic E-state index is 0.251. The molecule has 1 fully saturated rings. The molecule has 28 heavy (non-hydrogen) atoms. The summed E-state index contributed by atoms with van der Waals surface area (Å²) in [6.07, 6.45) is 1.48. The van der Waals surface area contributed by atoms with E-state index in [1.807, 2.05) is 32.0 Å². The first-order chi connectivity index (χ1) is 13.4. The van der Waals surface area contributed by atoms with Crippen molar-refractivity contribution in [3.05, 3.63) is 53.2 Å². The molecule has 0 radical (unpaired) electrons. The van der Waals surface area contributed by atoms with Gasteiger partial charge in [0.25, 0.3) is 0 Å². The van der Waals surface area contributed by atoms with Crippen LogP contribution < -0.4 is 4.90 Å². The second-order valence-electron chi connectivity index (χ2n) is 6.83. The summed E-state index contributed by atoms with van der Waals surface area (Å²) in [5.41, 5.74) is 1.25.